The predicted octanol–water partition coefficient (Wildman–Crippen LogP) is 3.85. The number of hydrogen-bond acceptors (Lipinski definition) is 1. The van der Waals surface area contributed by atoms with Crippen molar-refractivity contribution in [3.05, 3.63) is 33.8 Å². The fourth-order valence-electron chi connectivity index (χ4n) is 2.34. The number of halogens is 2. The minimum Gasteiger partial charge on any atom is -0.338 e. The van der Waals surface area contributed by atoms with Crippen LogP contribution in [0, 0.1) is 12.8 Å². The van der Waals surface area contributed by atoms with Crippen LogP contribution < -0.4 is 0 Å². The van der Waals surface area contributed by atoms with Crippen LogP contribution >= 0.6 is 27.5 Å². The molecule has 1 unspecified atom stereocenters. The fraction of sp³-hybridized carbons (Fsp3) is 0.500. The molecule has 1 aromatic rings. The van der Waals surface area contributed by atoms with Gasteiger partial charge in [-0.15, -0.1) is 11.6 Å². The SMILES string of the molecule is Cc1cc(C(=O)N2CCCC(CCl)C2)ccc1Br. The summed E-state index contributed by atoms with van der Waals surface area (Å²) in [5.74, 6) is 1.21. The molecule has 18 heavy (non-hydrogen) atoms. The summed E-state index contributed by atoms with van der Waals surface area (Å²) in [6, 6.07) is 5.76. The first-order valence-corrected chi connectivity index (χ1v) is 7.56. The van der Waals surface area contributed by atoms with Gasteiger partial charge in [0.05, 0.1) is 0 Å². The first-order valence-electron chi connectivity index (χ1n) is 6.23. The summed E-state index contributed by atoms with van der Waals surface area (Å²) >= 11 is 9.35. The highest BCUT2D eigenvalue weighted by Crippen LogP contribution is 2.22. The zero-order valence-electron chi connectivity index (χ0n) is 10.5. The van der Waals surface area contributed by atoms with E-state index in [1.54, 1.807) is 0 Å². The van der Waals surface area contributed by atoms with Crippen LogP contribution in [0.15, 0.2) is 22.7 Å². The Morgan fingerprint density at radius 3 is 3.00 bits per heavy atom. The van der Waals surface area contributed by atoms with Gasteiger partial charge in [-0.05, 0) is 49.4 Å². The van der Waals surface area contributed by atoms with Gasteiger partial charge in [-0.2, -0.15) is 0 Å². The van der Waals surface area contributed by atoms with Gasteiger partial charge in [0.15, 0.2) is 0 Å². The minimum atomic E-state index is 0.125. The second-order valence-electron chi connectivity index (χ2n) is 4.88. The molecule has 1 heterocycles. The van der Waals surface area contributed by atoms with E-state index in [-0.39, 0.29) is 5.91 Å². The Morgan fingerprint density at radius 2 is 2.33 bits per heavy atom. The van der Waals surface area contributed by atoms with E-state index in [1.807, 2.05) is 30.0 Å². The van der Waals surface area contributed by atoms with Crippen molar-refractivity contribution in [3.63, 3.8) is 0 Å². The van der Waals surface area contributed by atoms with Gasteiger partial charge in [-0.3, -0.25) is 4.79 Å². The van der Waals surface area contributed by atoms with E-state index >= 15 is 0 Å². The van der Waals surface area contributed by atoms with Crippen LogP contribution in [-0.2, 0) is 0 Å². The average Bonchev–Trinajstić information content (AvgIpc) is 2.41. The maximum atomic E-state index is 12.4. The topological polar surface area (TPSA) is 20.3 Å². The predicted molar refractivity (Wildman–Crippen MR) is 78.2 cm³/mol. The zero-order valence-corrected chi connectivity index (χ0v) is 12.8. The van der Waals surface area contributed by atoms with Gasteiger partial charge in [0.2, 0.25) is 0 Å². The van der Waals surface area contributed by atoms with Crippen molar-refractivity contribution >= 4 is 33.4 Å². The summed E-state index contributed by atoms with van der Waals surface area (Å²) in [7, 11) is 0. The number of amides is 1. The Hall–Kier alpha value is -0.540. The van der Waals surface area contributed by atoms with Crippen molar-refractivity contribution in [1.82, 2.24) is 4.90 Å². The molecule has 2 nitrogen and oxygen atoms in total. The molecular formula is C14H17BrClNO. The molecule has 0 aliphatic carbocycles. The summed E-state index contributed by atoms with van der Waals surface area (Å²) in [6.07, 6.45) is 2.19. The molecular weight excluding hydrogens is 314 g/mol. The first kappa shape index (κ1) is 13.9. The van der Waals surface area contributed by atoms with Crippen LogP contribution in [0.3, 0.4) is 0 Å². The maximum Gasteiger partial charge on any atom is 0.253 e. The van der Waals surface area contributed by atoms with Gasteiger partial charge >= 0.3 is 0 Å². The Morgan fingerprint density at radius 1 is 1.56 bits per heavy atom. The van der Waals surface area contributed by atoms with Gasteiger partial charge in [0.25, 0.3) is 5.91 Å². The number of carbonyl (C=O) groups is 1. The molecule has 1 aromatic carbocycles. The quantitative estimate of drug-likeness (QED) is 0.754. The van der Waals surface area contributed by atoms with Crippen LogP contribution in [0.4, 0.5) is 0 Å². The molecule has 1 amide bonds. The van der Waals surface area contributed by atoms with Crippen LogP contribution in [0.1, 0.15) is 28.8 Å². The summed E-state index contributed by atoms with van der Waals surface area (Å²) in [4.78, 5) is 14.3. The molecule has 1 saturated heterocycles. The highest BCUT2D eigenvalue weighted by atomic mass is 79.9. The number of alkyl halides is 1. The molecule has 1 fully saturated rings. The molecule has 0 bridgehead atoms. The van der Waals surface area contributed by atoms with E-state index in [4.69, 9.17) is 11.6 Å². The lowest BCUT2D eigenvalue weighted by Gasteiger charge is -2.32. The second-order valence-corrected chi connectivity index (χ2v) is 6.04. The van der Waals surface area contributed by atoms with Crippen LogP contribution in [0.25, 0.3) is 0 Å². The largest absolute Gasteiger partial charge is 0.338 e. The number of carbonyl (C=O) groups excluding carboxylic acids is 1. The summed E-state index contributed by atoms with van der Waals surface area (Å²) < 4.78 is 1.04. The Bertz CT molecular complexity index is 449. The van der Waals surface area contributed by atoms with Crippen molar-refractivity contribution in [2.45, 2.75) is 19.8 Å². The maximum absolute atomic E-state index is 12.4. The average molecular weight is 331 g/mol. The second kappa shape index (κ2) is 6.07. The van der Waals surface area contributed by atoms with E-state index < -0.39 is 0 Å². The Balaban J connectivity index is 2.12. The van der Waals surface area contributed by atoms with Gasteiger partial charge in [-0.1, -0.05) is 15.9 Å². The lowest BCUT2D eigenvalue weighted by atomic mass is 9.99. The van der Waals surface area contributed by atoms with E-state index in [2.05, 4.69) is 15.9 Å². The number of hydrogen-bond donors (Lipinski definition) is 0. The molecule has 1 aliphatic heterocycles. The number of aryl methyl sites for hydroxylation is 1. The Labute approximate surface area is 121 Å². The molecule has 0 saturated carbocycles. The summed E-state index contributed by atoms with van der Waals surface area (Å²) in [5.41, 5.74) is 1.86. The first-order chi connectivity index (χ1) is 8.61. The molecule has 4 heteroatoms. The summed E-state index contributed by atoms with van der Waals surface area (Å²) in [6.45, 7) is 3.64. The normalized spacial score (nSPS) is 19.9. The van der Waals surface area contributed by atoms with Crippen molar-refractivity contribution < 1.29 is 4.79 Å². The van der Waals surface area contributed by atoms with E-state index in [9.17, 15) is 4.79 Å². The molecule has 0 radical (unpaired) electrons. The van der Waals surface area contributed by atoms with Crippen LogP contribution in [0.2, 0.25) is 0 Å². The van der Waals surface area contributed by atoms with Crippen LogP contribution in [0.5, 0.6) is 0 Å². The molecule has 0 N–H and O–H groups in total. The molecule has 0 aromatic heterocycles. The van der Waals surface area contributed by atoms with Crippen molar-refractivity contribution in [2.75, 3.05) is 19.0 Å². The van der Waals surface area contributed by atoms with Crippen molar-refractivity contribution in [2.24, 2.45) is 5.92 Å². The number of likely N-dealkylation sites (tertiary alicyclic amines) is 1. The smallest absolute Gasteiger partial charge is 0.253 e. The number of nitrogens with zero attached hydrogens (tertiary/aromatic N) is 1. The molecule has 1 atom stereocenters. The van der Waals surface area contributed by atoms with E-state index in [1.165, 1.54) is 0 Å². The van der Waals surface area contributed by atoms with Crippen molar-refractivity contribution in [3.8, 4) is 0 Å². The van der Waals surface area contributed by atoms with E-state index in [0.29, 0.717) is 11.8 Å². The zero-order chi connectivity index (χ0) is 13.1. The Kier molecular flexibility index (Phi) is 4.68. The van der Waals surface area contributed by atoms with Gasteiger partial charge in [0.1, 0.15) is 0 Å². The molecule has 1 aliphatic rings. The number of rotatable bonds is 2. The fourth-order valence-corrected chi connectivity index (χ4v) is 2.83. The highest BCUT2D eigenvalue weighted by Gasteiger charge is 2.23. The van der Waals surface area contributed by atoms with Gasteiger partial charge in [-0.25, -0.2) is 0 Å². The third kappa shape index (κ3) is 3.07. The van der Waals surface area contributed by atoms with Gasteiger partial charge < -0.3 is 4.90 Å². The minimum absolute atomic E-state index is 0.125. The third-order valence-electron chi connectivity index (χ3n) is 3.43. The lowest BCUT2D eigenvalue weighted by molar-refractivity contribution is 0.0684. The van der Waals surface area contributed by atoms with Gasteiger partial charge in [0, 0.05) is 29.0 Å². The number of piperidine rings is 1. The number of benzene rings is 1. The summed E-state index contributed by atoms with van der Waals surface area (Å²) in [5, 5.41) is 0. The lowest BCUT2D eigenvalue weighted by Crippen LogP contribution is -2.40. The molecule has 2 rings (SSSR count). The van der Waals surface area contributed by atoms with Crippen LogP contribution in [-0.4, -0.2) is 29.8 Å². The standard InChI is InChI=1S/C14H17BrClNO/c1-10-7-12(4-5-13(10)15)14(18)17-6-2-3-11(8-16)9-17/h4-5,7,11H,2-3,6,8-9H2,1H3. The van der Waals surface area contributed by atoms with Crippen molar-refractivity contribution in [1.29, 1.82) is 0 Å². The van der Waals surface area contributed by atoms with E-state index in [0.717, 1.165) is 41.5 Å². The highest BCUT2D eigenvalue weighted by molar-refractivity contribution is 9.10. The third-order valence-corrected chi connectivity index (χ3v) is 4.76. The monoisotopic (exact) mass is 329 g/mol. The molecule has 0 spiro atoms. The molecule has 98 valence electrons.